The van der Waals surface area contributed by atoms with Crippen molar-refractivity contribution >= 4 is 28.4 Å². The molecule has 20 heavy (non-hydrogen) atoms. The van der Waals surface area contributed by atoms with Crippen LogP contribution in [-0.2, 0) is 6.54 Å². The summed E-state index contributed by atoms with van der Waals surface area (Å²) in [5.74, 6) is -0.140. The third-order valence-corrected chi connectivity index (χ3v) is 3.39. The van der Waals surface area contributed by atoms with Gasteiger partial charge in [0.05, 0.1) is 10.6 Å². The largest absolute Gasteiger partial charge is 0.360 e. The molecule has 3 aromatic rings. The molecule has 2 aromatic heterocycles. The van der Waals surface area contributed by atoms with E-state index in [1.54, 1.807) is 30.7 Å². The van der Waals surface area contributed by atoms with Gasteiger partial charge in [0, 0.05) is 36.0 Å². The van der Waals surface area contributed by atoms with E-state index in [0.717, 1.165) is 16.5 Å². The van der Waals surface area contributed by atoms with Gasteiger partial charge in [0.2, 0.25) is 0 Å². The number of rotatable bonds is 3. The van der Waals surface area contributed by atoms with Gasteiger partial charge in [-0.1, -0.05) is 17.7 Å². The number of H-pyrrole nitrogens is 1. The van der Waals surface area contributed by atoms with Gasteiger partial charge in [-0.2, -0.15) is 0 Å². The molecule has 0 atom stereocenters. The van der Waals surface area contributed by atoms with Gasteiger partial charge in [-0.05, 0) is 29.8 Å². The molecular weight excluding hydrogens is 274 g/mol. The number of nitrogens with one attached hydrogen (secondary N) is 2. The molecule has 1 aromatic carbocycles. The smallest absolute Gasteiger partial charge is 0.253 e. The molecule has 0 saturated heterocycles. The SMILES string of the molecule is O=C(NCc1ccc2[nH]cc(Cl)c2c1)c1cccnc1. The number of pyridine rings is 1. The second-order valence-corrected chi connectivity index (χ2v) is 4.85. The molecule has 0 unspecified atom stereocenters. The number of nitrogens with zero attached hydrogens (tertiary/aromatic N) is 1. The first-order chi connectivity index (χ1) is 9.74. The first-order valence-electron chi connectivity index (χ1n) is 6.18. The van der Waals surface area contributed by atoms with Crippen LogP contribution in [0.1, 0.15) is 15.9 Å². The summed E-state index contributed by atoms with van der Waals surface area (Å²) >= 11 is 6.08. The van der Waals surface area contributed by atoms with Crippen LogP contribution in [0.5, 0.6) is 0 Å². The quantitative estimate of drug-likeness (QED) is 0.777. The molecule has 2 N–H and O–H groups in total. The van der Waals surface area contributed by atoms with Gasteiger partial charge in [-0.3, -0.25) is 9.78 Å². The van der Waals surface area contributed by atoms with Crippen LogP contribution >= 0.6 is 11.6 Å². The molecular formula is C15H12ClN3O. The van der Waals surface area contributed by atoms with E-state index in [4.69, 9.17) is 11.6 Å². The summed E-state index contributed by atoms with van der Waals surface area (Å²) in [6.07, 6.45) is 4.93. The van der Waals surface area contributed by atoms with Crippen LogP contribution in [0.3, 0.4) is 0 Å². The number of aromatic nitrogens is 2. The van der Waals surface area contributed by atoms with Crippen molar-refractivity contribution in [2.45, 2.75) is 6.54 Å². The predicted octanol–water partition coefficient (Wildman–Crippen LogP) is 3.15. The number of halogens is 1. The van der Waals surface area contributed by atoms with Crippen LogP contribution in [0.25, 0.3) is 10.9 Å². The van der Waals surface area contributed by atoms with E-state index in [1.165, 1.54) is 0 Å². The number of amides is 1. The third-order valence-electron chi connectivity index (χ3n) is 3.07. The van der Waals surface area contributed by atoms with E-state index in [1.807, 2.05) is 18.2 Å². The highest BCUT2D eigenvalue weighted by Crippen LogP contribution is 2.23. The summed E-state index contributed by atoms with van der Waals surface area (Å²) in [4.78, 5) is 18.9. The molecule has 0 radical (unpaired) electrons. The Balaban J connectivity index is 1.74. The maximum atomic E-state index is 11.9. The average molecular weight is 286 g/mol. The monoisotopic (exact) mass is 285 g/mol. The Hall–Kier alpha value is -2.33. The normalized spacial score (nSPS) is 10.7. The number of hydrogen-bond acceptors (Lipinski definition) is 2. The lowest BCUT2D eigenvalue weighted by Gasteiger charge is -2.05. The number of benzene rings is 1. The van der Waals surface area contributed by atoms with E-state index < -0.39 is 0 Å². The van der Waals surface area contributed by atoms with Gasteiger partial charge in [-0.15, -0.1) is 0 Å². The zero-order valence-electron chi connectivity index (χ0n) is 10.6. The Morgan fingerprint density at radius 3 is 3.05 bits per heavy atom. The van der Waals surface area contributed by atoms with E-state index in [0.29, 0.717) is 17.1 Å². The molecule has 0 aliphatic rings. The molecule has 0 spiro atoms. The van der Waals surface area contributed by atoms with Crippen molar-refractivity contribution in [3.8, 4) is 0 Å². The topological polar surface area (TPSA) is 57.8 Å². The third kappa shape index (κ3) is 2.51. The lowest BCUT2D eigenvalue weighted by molar-refractivity contribution is 0.0950. The summed E-state index contributed by atoms with van der Waals surface area (Å²) in [6.45, 7) is 0.450. The maximum absolute atomic E-state index is 11.9. The molecule has 3 rings (SSSR count). The fraction of sp³-hybridized carbons (Fsp3) is 0.0667. The minimum absolute atomic E-state index is 0.140. The molecule has 0 saturated carbocycles. The van der Waals surface area contributed by atoms with E-state index in [9.17, 15) is 4.79 Å². The zero-order chi connectivity index (χ0) is 13.9. The number of fused-ring (bicyclic) bond motifs is 1. The van der Waals surface area contributed by atoms with Crippen molar-refractivity contribution in [2.24, 2.45) is 0 Å². The molecule has 0 aliphatic heterocycles. The minimum Gasteiger partial charge on any atom is -0.360 e. The summed E-state index contributed by atoms with van der Waals surface area (Å²) in [5, 5.41) is 4.50. The second kappa shape index (κ2) is 5.35. The van der Waals surface area contributed by atoms with Crippen molar-refractivity contribution in [3.63, 3.8) is 0 Å². The van der Waals surface area contributed by atoms with Gasteiger partial charge in [0.1, 0.15) is 0 Å². The van der Waals surface area contributed by atoms with Crippen molar-refractivity contribution in [1.29, 1.82) is 0 Å². The van der Waals surface area contributed by atoms with Crippen LogP contribution in [-0.4, -0.2) is 15.9 Å². The summed E-state index contributed by atoms with van der Waals surface area (Å²) in [6, 6.07) is 9.35. The summed E-state index contributed by atoms with van der Waals surface area (Å²) in [7, 11) is 0. The van der Waals surface area contributed by atoms with Crippen molar-refractivity contribution < 1.29 is 4.79 Å². The number of carbonyl (C=O) groups is 1. The maximum Gasteiger partial charge on any atom is 0.253 e. The molecule has 1 amide bonds. The van der Waals surface area contributed by atoms with E-state index in [2.05, 4.69) is 15.3 Å². The average Bonchev–Trinajstić information content (AvgIpc) is 2.87. The van der Waals surface area contributed by atoms with Crippen LogP contribution in [0.2, 0.25) is 5.02 Å². The molecule has 2 heterocycles. The van der Waals surface area contributed by atoms with Crippen LogP contribution in [0.4, 0.5) is 0 Å². The number of carbonyl (C=O) groups excluding carboxylic acids is 1. The standard InChI is InChI=1S/C15H12ClN3O/c16-13-9-18-14-4-3-10(6-12(13)14)7-19-15(20)11-2-1-5-17-8-11/h1-6,8-9,18H,7H2,(H,19,20). The van der Waals surface area contributed by atoms with Gasteiger partial charge in [0.25, 0.3) is 5.91 Å². The Morgan fingerprint density at radius 2 is 2.25 bits per heavy atom. The van der Waals surface area contributed by atoms with Crippen molar-refractivity contribution in [1.82, 2.24) is 15.3 Å². The van der Waals surface area contributed by atoms with Crippen molar-refractivity contribution in [3.05, 3.63) is 65.1 Å². The van der Waals surface area contributed by atoms with Gasteiger partial charge >= 0.3 is 0 Å². The summed E-state index contributed by atoms with van der Waals surface area (Å²) < 4.78 is 0. The zero-order valence-corrected chi connectivity index (χ0v) is 11.3. The van der Waals surface area contributed by atoms with Crippen molar-refractivity contribution in [2.75, 3.05) is 0 Å². The lowest BCUT2D eigenvalue weighted by Crippen LogP contribution is -2.22. The fourth-order valence-corrected chi connectivity index (χ4v) is 2.24. The van der Waals surface area contributed by atoms with E-state index >= 15 is 0 Å². The Labute approximate surface area is 120 Å². The highest BCUT2D eigenvalue weighted by Gasteiger charge is 2.06. The Kier molecular flexibility index (Phi) is 3.39. The minimum atomic E-state index is -0.140. The first-order valence-corrected chi connectivity index (χ1v) is 6.55. The highest BCUT2D eigenvalue weighted by atomic mass is 35.5. The van der Waals surface area contributed by atoms with Crippen LogP contribution < -0.4 is 5.32 Å². The molecule has 5 heteroatoms. The van der Waals surface area contributed by atoms with Gasteiger partial charge in [0.15, 0.2) is 0 Å². The predicted molar refractivity (Wildman–Crippen MR) is 78.7 cm³/mol. The van der Waals surface area contributed by atoms with Gasteiger partial charge < -0.3 is 10.3 Å². The first kappa shape index (κ1) is 12.7. The van der Waals surface area contributed by atoms with E-state index in [-0.39, 0.29) is 5.91 Å². The summed E-state index contributed by atoms with van der Waals surface area (Å²) in [5.41, 5.74) is 2.53. The highest BCUT2D eigenvalue weighted by molar-refractivity contribution is 6.35. The molecule has 4 nitrogen and oxygen atoms in total. The fourth-order valence-electron chi connectivity index (χ4n) is 2.03. The lowest BCUT2D eigenvalue weighted by atomic mass is 10.1. The second-order valence-electron chi connectivity index (χ2n) is 4.44. The van der Waals surface area contributed by atoms with Gasteiger partial charge in [-0.25, -0.2) is 0 Å². The Bertz CT molecular complexity index is 752. The molecule has 100 valence electrons. The number of hydrogen-bond donors (Lipinski definition) is 2. The molecule has 0 fully saturated rings. The molecule has 0 bridgehead atoms. The Morgan fingerprint density at radius 1 is 1.35 bits per heavy atom. The number of aromatic amines is 1. The van der Waals surface area contributed by atoms with Crippen LogP contribution in [0, 0.1) is 0 Å². The van der Waals surface area contributed by atoms with Crippen LogP contribution in [0.15, 0.2) is 48.9 Å². The molecule has 0 aliphatic carbocycles.